The van der Waals surface area contributed by atoms with Gasteiger partial charge in [-0.15, -0.1) is 0 Å². The fourth-order valence-corrected chi connectivity index (χ4v) is 4.65. The van der Waals surface area contributed by atoms with E-state index in [1.165, 1.54) is 4.57 Å². The third-order valence-electron chi connectivity index (χ3n) is 4.28. The normalized spacial score (nSPS) is 15.6. The number of fused-ring (bicyclic) bond motifs is 3. The number of rotatable bonds is 3. The molecule has 1 aliphatic rings. The lowest BCUT2D eigenvalue weighted by molar-refractivity contribution is 0.0689. The Labute approximate surface area is 155 Å². The largest absolute Gasteiger partial charge is 0.477 e. The van der Waals surface area contributed by atoms with Crippen molar-refractivity contribution in [1.82, 2.24) is 4.57 Å². The molecule has 1 N–H and O–H groups in total. The average Bonchev–Trinajstić information content (AvgIpc) is 2.59. The van der Waals surface area contributed by atoms with Crippen LogP contribution in [0, 0.1) is 5.82 Å². The molecular formula is C18H10ClF2NO3S. The first-order valence-electron chi connectivity index (χ1n) is 7.57. The minimum Gasteiger partial charge on any atom is -0.477 e. The summed E-state index contributed by atoms with van der Waals surface area (Å²) in [6, 6.07) is 9.50. The molecule has 1 atom stereocenters. The van der Waals surface area contributed by atoms with E-state index in [0.717, 1.165) is 17.8 Å². The Morgan fingerprint density at radius 1 is 1.31 bits per heavy atom. The summed E-state index contributed by atoms with van der Waals surface area (Å²) >= 11 is 7.39. The molecule has 4 nitrogen and oxygen atoms in total. The molecule has 0 saturated carbocycles. The maximum atomic E-state index is 14.7. The van der Waals surface area contributed by atoms with Crippen molar-refractivity contribution in [3.63, 3.8) is 0 Å². The van der Waals surface area contributed by atoms with Crippen molar-refractivity contribution < 1.29 is 18.7 Å². The molecule has 1 aliphatic heterocycles. The van der Waals surface area contributed by atoms with Gasteiger partial charge in [-0.2, -0.15) is 0 Å². The molecule has 0 spiro atoms. The Kier molecular flexibility index (Phi) is 4.00. The Morgan fingerprint density at radius 3 is 2.62 bits per heavy atom. The van der Waals surface area contributed by atoms with E-state index < -0.39 is 34.8 Å². The van der Waals surface area contributed by atoms with E-state index in [1.54, 1.807) is 30.3 Å². The quantitative estimate of drug-likeness (QED) is 0.698. The highest BCUT2D eigenvalue weighted by Crippen LogP contribution is 2.49. The fourth-order valence-electron chi connectivity index (χ4n) is 3.15. The number of carboxylic acid groups (broad SMARTS) is 1. The smallest absolute Gasteiger partial charge is 0.342 e. The number of aromatic nitrogens is 1. The van der Waals surface area contributed by atoms with Crippen LogP contribution in [0.4, 0.5) is 8.78 Å². The van der Waals surface area contributed by atoms with E-state index in [-0.39, 0.29) is 26.5 Å². The molecule has 0 aliphatic carbocycles. The van der Waals surface area contributed by atoms with Gasteiger partial charge in [0.25, 0.3) is 0 Å². The number of benzene rings is 2. The second kappa shape index (κ2) is 6.10. The number of aromatic carboxylic acids is 1. The van der Waals surface area contributed by atoms with Gasteiger partial charge in [-0.1, -0.05) is 53.7 Å². The molecule has 2 aromatic carbocycles. The molecule has 26 heavy (non-hydrogen) atoms. The van der Waals surface area contributed by atoms with Crippen molar-refractivity contribution in [3.05, 3.63) is 63.0 Å². The van der Waals surface area contributed by atoms with Crippen molar-refractivity contribution >= 4 is 40.2 Å². The number of carbonyl (C=O) groups is 1. The summed E-state index contributed by atoms with van der Waals surface area (Å²) in [6.07, 6.45) is 0. The molecule has 0 radical (unpaired) electrons. The van der Waals surface area contributed by atoms with Crippen molar-refractivity contribution in [2.75, 3.05) is 6.67 Å². The number of halogens is 3. The van der Waals surface area contributed by atoms with Crippen LogP contribution in [0.1, 0.15) is 15.7 Å². The van der Waals surface area contributed by atoms with Gasteiger partial charge in [0, 0.05) is 5.56 Å². The van der Waals surface area contributed by atoms with Gasteiger partial charge in [0.2, 0.25) is 5.43 Å². The second-order valence-corrected chi connectivity index (χ2v) is 7.27. The summed E-state index contributed by atoms with van der Waals surface area (Å²) in [7, 11) is 0. The number of pyridine rings is 1. The Balaban J connectivity index is 2.17. The third-order valence-corrected chi connectivity index (χ3v) is 5.88. The minimum absolute atomic E-state index is 0.0414. The van der Waals surface area contributed by atoms with E-state index in [0.29, 0.717) is 5.56 Å². The SMILES string of the molecule is O=C(O)c1c2n(c3c(Cl)c(-c4ccccc4)c(F)cc3c1=O)C(CF)S2. The Morgan fingerprint density at radius 2 is 2.00 bits per heavy atom. The molecule has 4 rings (SSSR count). The number of nitrogens with zero attached hydrogens (tertiary/aromatic N) is 1. The highest BCUT2D eigenvalue weighted by Gasteiger charge is 2.36. The van der Waals surface area contributed by atoms with Gasteiger partial charge in [-0.3, -0.25) is 4.79 Å². The first kappa shape index (κ1) is 17.1. The molecular weight excluding hydrogens is 384 g/mol. The third kappa shape index (κ3) is 2.27. The molecule has 1 aromatic heterocycles. The first-order valence-corrected chi connectivity index (χ1v) is 8.83. The maximum Gasteiger partial charge on any atom is 0.342 e. The summed E-state index contributed by atoms with van der Waals surface area (Å²) in [5, 5.41) is 8.55. The number of hydrogen-bond acceptors (Lipinski definition) is 3. The van der Waals surface area contributed by atoms with Crippen molar-refractivity contribution in [2.24, 2.45) is 0 Å². The van der Waals surface area contributed by atoms with Crippen molar-refractivity contribution in [3.8, 4) is 11.1 Å². The first-order chi connectivity index (χ1) is 12.5. The summed E-state index contributed by atoms with van der Waals surface area (Å²) in [5.41, 5.74) is -0.575. The Hall–Kier alpha value is -2.38. The predicted molar refractivity (Wildman–Crippen MR) is 96.4 cm³/mol. The predicted octanol–water partition coefficient (Wildman–Crippen LogP) is 4.73. The number of carboxylic acids is 1. The van der Waals surface area contributed by atoms with Gasteiger partial charge in [-0.05, 0) is 11.6 Å². The summed E-state index contributed by atoms with van der Waals surface area (Å²) < 4.78 is 29.5. The lowest BCUT2D eigenvalue weighted by Crippen LogP contribution is -2.30. The standard InChI is InChI=1S/C18H10ClF2NO3S/c19-14-12(8-4-2-1-3-5-8)10(21)6-9-15(14)22-11(7-20)26-17(22)13(16(9)23)18(24)25/h1-6,11H,7H2,(H,24,25). The number of hydrogen-bond donors (Lipinski definition) is 1. The zero-order valence-electron chi connectivity index (χ0n) is 13.0. The lowest BCUT2D eigenvalue weighted by atomic mass is 10.0. The Bertz CT molecular complexity index is 1130. The van der Waals surface area contributed by atoms with E-state index >= 15 is 0 Å². The van der Waals surface area contributed by atoms with Gasteiger partial charge in [0.1, 0.15) is 23.4 Å². The summed E-state index contributed by atoms with van der Waals surface area (Å²) in [6.45, 7) is -0.775. The molecule has 0 amide bonds. The lowest BCUT2D eigenvalue weighted by Gasteiger charge is -2.34. The van der Waals surface area contributed by atoms with Crippen LogP contribution in [-0.4, -0.2) is 22.3 Å². The topological polar surface area (TPSA) is 59.3 Å². The highest BCUT2D eigenvalue weighted by molar-refractivity contribution is 8.00. The molecule has 8 heteroatoms. The molecule has 3 aromatic rings. The summed E-state index contributed by atoms with van der Waals surface area (Å²) in [4.78, 5) is 24.1. The van der Waals surface area contributed by atoms with Crippen LogP contribution in [0.2, 0.25) is 5.02 Å². The molecule has 0 saturated heterocycles. The fraction of sp³-hybridized carbons (Fsp3) is 0.111. The van der Waals surface area contributed by atoms with Crippen LogP contribution in [0.25, 0.3) is 22.0 Å². The molecule has 132 valence electrons. The van der Waals surface area contributed by atoms with Gasteiger partial charge in [0.15, 0.2) is 0 Å². The highest BCUT2D eigenvalue weighted by atomic mass is 35.5. The van der Waals surface area contributed by atoms with Crippen LogP contribution >= 0.6 is 23.4 Å². The molecule has 0 fully saturated rings. The monoisotopic (exact) mass is 393 g/mol. The van der Waals surface area contributed by atoms with E-state index in [9.17, 15) is 23.5 Å². The average molecular weight is 394 g/mol. The molecule has 2 heterocycles. The van der Waals surface area contributed by atoms with Crippen LogP contribution in [0.3, 0.4) is 0 Å². The molecule has 0 bridgehead atoms. The van der Waals surface area contributed by atoms with Crippen molar-refractivity contribution in [1.29, 1.82) is 0 Å². The molecule has 1 unspecified atom stereocenters. The zero-order valence-corrected chi connectivity index (χ0v) is 14.6. The number of thioether (sulfide) groups is 1. The van der Waals surface area contributed by atoms with Gasteiger partial charge >= 0.3 is 5.97 Å². The van der Waals surface area contributed by atoms with Gasteiger partial charge in [0.05, 0.1) is 21.0 Å². The van der Waals surface area contributed by atoms with E-state index in [1.807, 2.05) is 0 Å². The number of alkyl halides is 1. The zero-order chi connectivity index (χ0) is 18.6. The minimum atomic E-state index is -1.44. The summed E-state index contributed by atoms with van der Waals surface area (Å²) in [5.74, 6) is -2.18. The van der Waals surface area contributed by atoms with Gasteiger partial charge in [-0.25, -0.2) is 13.6 Å². The van der Waals surface area contributed by atoms with Crippen LogP contribution in [0.5, 0.6) is 0 Å². The van der Waals surface area contributed by atoms with Crippen LogP contribution < -0.4 is 5.43 Å². The van der Waals surface area contributed by atoms with E-state index in [4.69, 9.17) is 11.6 Å². The van der Waals surface area contributed by atoms with E-state index in [2.05, 4.69) is 0 Å². The van der Waals surface area contributed by atoms with Crippen LogP contribution in [-0.2, 0) is 0 Å². The van der Waals surface area contributed by atoms with Crippen LogP contribution in [0.15, 0.2) is 46.2 Å². The maximum absolute atomic E-state index is 14.7. The second-order valence-electron chi connectivity index (χ2n) is 5.72. The van der Waals surface area contributed by atoms with Crippen molar-refractivity contribution in [2.45, 2.75) is 10.4 Å². The van der Waals surface area contributed by atoms with Gasteiger partial charge < -0.3 is 9.67 Å².